The van der Waals surface area contributed by atoms with Gasteiger partial charge >= 0.3 is 0 Å². The molecule has 0 aromatic carbocycles. The van der Waals surface area contributed by atoms with Gasteiger partial charge < -0.3 is 10.4 Å². The summed E-state index contributed by atoms with van der Waals surface area (Å²) in [5, 5.41) is 19.6. The largest absolute Gasteiger partial charge is 0.396 e. The smallest absolute Gasteiger partial charge is 0.0638 e. The average molecular weight is 239 g/mol. The lowest BCUT2D eigenvalue weighted by molar-refractivity contribution is 0.248. The molecular formula is C13H25N3O. The number of H-pyrrole nitrogens is 1. The minimum atomic E-state index is 0.288. The molecule has 1 aromatic heterocycles. The Labute approximate surface area is 104 Å². The summed E-state index contributed by atoms with van der Waals surface area (Å²) in [6.45, 7) is 8.38. The molecule has 1 heterocycles. The zero-order valence-corrected chi connectivity index (χ0v) is 11.2. The molecule has 0 aliphatic carbocycles. The highest BCUT2D eigenvalue weighted by molar-refractivity contribution is 5.22. The van der Waals surface area contributed by atoms with Crippen molar-refractivity contribution in [1.82, 2.24) is 15.5 Å². The van der Waals surface area contributed by atoms with Gasteiger partial charge in [0.05, 0.1) is 5.69 Å². The van der Waals surface area contributed by atoms with E-state index in [4.69, 9.17) is 5.11 Å². The Balaban J connectivity index is 2.35. The molecule has 0 saturated carbocycles. The van der Waals surface area contributed by atoms with E-state index in [-0.39, 0.29) is 6.61 Å². The predicted molar refractivity (Wildman–Crippen MR) is 69.9 cm³/mol. The lowest BCUT2D eigenvalue weighted by atomic mass is 10.00. The highest BCUT2D eigenvalue weighted by Crippen LogP contribution is 2.11. The molecule has 4 nitrogen and oxygen atoms in total. The van der Waals surface area contributed by atoms with E-state index in [1.807, 2.05) is 13.8 Å². The van der Waals surface area contributed by atoms with Crippen LogP contribution >= 0.6 is 0 Å². The SMILES string of the molecule is CCCC(CCO)CNCc1c(C)n[nH]c1C. The zero-order chi connectivity index (χ0) is 12.7. The number of rotatable bonds is 8. The second-order valence-electron chi connectivity index (χ2n) is 4.71. The van der Waals surface area contributed by atoms with E-state index >= 15 is 0 Å². The predicted octanol–water partition coefficient (Wildman–Crippen LogP) is 1.91. The number of aryl methyl sites for hydroxylation is 2. The topological polar surface area (TPSA) is 60.9 Å². The van der Waals surface area contributed by atoms with Crippen molar-refractivity contribution in [2.24, 2.45) is 5.92 Å². The monoisotopic (exact) mass is 239 g/mol. The van der Waals surface area contributed by atoms with Crippen LogP contribution in [0.4, 0.5) is 0 Å². The molecule has 0 fully saturated rings. The number of aliphatic hydroxyl groups is 1. The second kappa shape index (κ2) is 7.45. The highest BCUT2D eigenvalue weighted by atomic mass is 16.3. The van der Waals surface area contributed by atoms with Crippen molar-refractivity contribution < 1.29 is 5.11 Å². The first-order valence-electron chi connectivity index (χ1n) is 6.51. The van der Waals surface area contributed by atoms with Crippen molar-refractivity contribution in [3.63, 3.8) is 0 Å². The van der Waals surface area contributed by atoms with Gasteiger partial charge in [0, 0.05) is 24.4 Å². The van der Waals surface area contributed by atoms with Gasteiger partial charge in [0.25, 0.3) is 0 Å². The fraction of sp³-hybridized carbons (Fsp3) is 0.769. The first-order chi connectivity index (χ1) is 8.19. The minimum absolute atomic E-state index is 0.288. The maximum absolute atomic E-state index is 8.99. The molecule has 3 N–H and O–H groups in total. The van der Waals surface area contributed by atoms with Gasteiger partial charge in [-0.25, -0.2) is 0 Å². The van der Waals surface area contributed by atoms with Crippen molar-refractivity contribution in [2.75, 3.05) is 13.2 Å². The van der Waals surface area contributed by atoms with E-state index in [1.165, 1.54) is 18.4 Å². The molecule has 0 saturated heterocycles. The van der Waals surface area contributed by atoms with E-state index < -0.39 is 0 Å². The Bertz CT molecular complexity index is 297. The van der Waals surface area contributed by atoms with Gasteiger partial charge in [-0.1, -0.05) is 13.3 Å². The number of nitrogens with one attached hydrogen (secondary N) is 2. The van der Waals surface area contributed by atoms with Crippen LogP contribution in [0, 0.1) is 19.8 Å². The summed E-state index contributed by atoms with van der Waals surface area (Å²) in [5.74, 6) is 0.581. The van der Waals surface area contributed by atoms with Crippen molar-refractivity contribution >= 4 is 0 Å². The van der Waals surface area contributed by atoms with Gasteiger partial charge in [-0.05, 0) is 39.2 Å². The summed E-state index contributed by atoms with van der Waals surface area (Å²) in [4.78, 5) is 0. The summed E-state index contributed by atoms with van der Waals surface area (Å²) in [5.41, 5.74) is 3.48. The first-order valence-corrected chi connectivity index (χ1v) is 6.51. The number of hydrogen-bond acceptors (Lipinski definition) is 3. The Kier molecular flexibility index (Phi) is 6.22. The molecule has 1 atom stereocenters. The van der Waals surface area contributed by atoms with Gasteiger partial charge in [-0.2, -0.15) is 5.10 Å². The molecule has 17 heavy (non-hydrogen) atoms. The summed E-state index contributed by atoms with van der Waals surface area (Å²) < 4.78 is 0. The molecular weight excluding hydrogens is 214 g/mol. The van der Waals surface area contributed by atoms with E-state index in [9.17, 15) is 0 Å². The normalized spacial score (nSPS) is 12.9. The third-order valence-corrected chi connectivity index (χ3v) is 3.25. The lowest BCUT2D eigenvalue weighted by Gasteiger charge is -2.15. The number of nitrogens with zero attached hydrogens (tertiary/aromatic N) is 1. The van der Waals surface area contributed by atoms with E-state index in [0.717, 1.165) is 30.9 Å². The van der Waals surface area contributed by atoms with E-state index in [1.54, 1.807) is 0 Å². The fourth-order valence-corrected chi connectivity index (χ4v) is 2.18. The molecule has 4 heteroatoms. The average Bonchev–Trinajstić information content (AvgIpc) is 2.61. The zero-order valence-electron chi connectivity index (χ0n) is 11.2. The van der Waals surface area contributed by atoms with Crippen molar-refractivity contribution in [2.45, 2.75) is 46.6 Å². The van der Waals surface area contributed by atoms with Crippen LogP contribution in [0.15, 0.2) is 0 Å². The van der Waals surface area contributed by atoms with Crippen LogP contribution in [0.25, 0.3) is 0 Å². The number of aromatic amines is 1. The van der Waals surface area contributed by atoms with Crippen LogP contribution in [0.3, 0.4) is 0 Å². The second-order valence-corrected chi connectivity index (χ2v) is 4.71. The van der Waals surface area contributed by atoms with Crippen molar-refractivity contribution in [3.8, 4) is 0 Å². The van der Waals surface area contributed by atoms with Crippen LogP contribution in [0.2, 0.25) is 0 Å². The molecule has 1 aromatic rings. The Hall–Kier alpha value is -0.870. The number of hydrogen-bond donors (Lipinski definition) is 3. The molecule has 0 spiro atoms. The standard InChI is InChI=1S/C13H25N3O/c1-4-5-12(6-7-17)8-14-9-13-10(2)15-16-11(13)3/h12,14,17H,4-9H2,1-3H3,(H,15,16). The number of aliphatic hydroxyl groups excluding tert-OH is 1. The minimum Gasteiger partial charge on any atom is -0.396 e. The van der Waals surface area contributed by atoms with Gasteiger partial charge in [-0.15, -0.1) is 0 Å². The van der Waals surface area contributed by atoms with Crippen LogP contribution in [-0.4, -0.2) is 28.5 Å². The van der Waals surface area contributed by atoms with Crippen LogP contribution in [0.5, 0.6) is 0 Å². The molecule has 0 amide bonds. The van der Waals surface area contributed by atoms with Crippen molar-refractivity contribution in [1.29, 1.82) is 0 Å². The highest BCUT2D eigenvalue weighted by Gasteiger charge is 2.09. The van der Waals surface area contributed by atoms with Crippen LogP contribution in [0.1, 0.15) is 43.1 Å². The van der Waals surface area contributed by atoms with Crippen LogP contribution in [-0.2, 0) is 6.54 Å². The molecule has 98 valence electrons. The van der Waals surface area contributed by atoms with Gasteiger partial charge in [0.2, 0.25) is 0 Å². The Morgan fingerprint density at radius 3 is 2.65 bits per heavy atom. The van der Waals surface area contributed by atoms with Gasteiger partial charge in [-0.3, -0.25) is 5.10 Å². The summed E-state index contributed by atoms with van der Waals surface area (Å²) in [7, 11) is 0. The summed E-state index contributed by atoms with van der Waals surface area (Å²) in [6.07, 6.45) is 3.25. The van der Waals surface area contributed by atoms with E-state index in [0.29, 0.717) is 5.92 Å². The summed E-state index contributed by atoms with van der Waals surface area (Å²) >= 11 is 0. The summed E-state index contributed by atoms with van der Waals surface area (Å²) in [6, 6.07) is 0. The fourth-order valence-electron chi connectivity index (χ4n) is 2.18. The van der Waals surface area contributed by atoms with Gasteiger partial charge in [0.1, 0.15) is 0 Å². The van der Waals surface area contributed by atoms with Gasteiger partial charge in [0.15, 0.2) is 0 Å². The first kappa shape index (κ1) is 14.2. The molecule has 0 aliphatic rings. The third-order valence-electron chi connectivity index (χ3n) is 3.25. The molecule has 0 bridgehead atoms. The van der Waals surface area contributed by atoms with Crippen molar-refractivity contribution in [3.05, 3.63) is 17.0 Å². The quantitative estimate of drug-likeness (QED) is 0.649. The number of aromatic nitrogens is 2. The maximum atomic E-state index is 8.99. The lowest BCUT2D eigenvalue weighted by Crippen LogP contribution is -2.23. The molecule has 1 unspecified atom stereocenters. The Morgan fingerprint density at radius 1 is 1.35 bits per heavy atom. The molecule has 1 rings (SSSR count). The third kappa shape index (κ3) is 4.48. The molecule has 0 radical (unpaired) electrons. The van der Waals surface area contributed by atoms with Crippen LogP contribution < -0.4 is 5.32 Å². The molecule has 0 aliphatic heterocycles. The maximum Gasteiger partial charge on any atom is 0.0638 e. The Morgan fingerprint density at radius 2 is 2.12 bits per heavy atom. The van der Waals surface area contributed by atoms with E-state index in [2.05, 4.69) is 22.4 Å².